The fourth-order valence-electron chi connectivity index (χ4n) is 2.39. The molecule has 17 heavy (non-hydrogen) atoms. The molecule has 0 aliphatic carbocycles. The van der Waals surface area contributed by atoms with Gasteiger partial charge in [-0.1, -0.05) is 19.1 Å². The first-order valence-corrected chi connectivity index (χ1v) is 6.08. The van der Waals surface area contributed by atoms with Crippen molar-refractivity contribution in [3.05, 3.63) is 36.3 Å². The molecule has 1 aromatic carbocycles. The summed E-state index contributed by atoms with van der Waals surface area (Å²) in [6.07, 6.45) is 4.37. The SMILES string of the molecule is CC1CCn2cc(-c3cccc(O)c3)nc2C1. The van der Waals surface area contributed by atoms with Gasteiger partial charge in [-0.15, -0.1) is 0 Å². The summed E-state index contributed by atoms with van der Waals surface area (Å²) in [6, 6.07) is 7.28. The number of phenolic OH excluding ortho intramolecular Hbond substituents is 1. The summed E-state index contributed by atoms with van der Waals surface area (Å²) in [4.78, 5) is 4.66. The van der Waals surface area contributed by atoms with Crippen LogP contribution in [0.25, 0.3) is 11.3 Å². The molecule has 0 saturated heterocycles. The molecule has 0 bridgehead atoms. The van der Waals surface area contributed by atoms with Crippen molar-refractivity contribution in [3.63, 3.8) is 0 Å². The van der Waals surface area contributed by atoms with E-state index in [2.05, 4.69) is 22.7 Å². The van der Waals surface area contributed by atoms with Crippen molar-refractivity contribution in [1.29, 1.82) is 0 Å². The van der Waals surface area contributed by atoms with E-state index in [1.165, 1.54) is 12.2 Å². The second kappa shape index (κ2) is 3.91. The summed E-state index contributed by atoms with van der Waals surface area (Å²) in [6.45, 7) is 3.33. The van der Waals surface area contributed by atoms with Gasteiger partial charge >= 0.3 is 0 Å². The van der Waals surface area contributed by atoms with E-state index in [0.717, 1.165) is 30.1 Å². The molecule has 0 radical (unpaired) electrons. The van der Waals surface area contributed by atoms with Crippen LogP contribution in [0.1, 0.15) is 19.2 Å². The van der Waals surface area contributed by atoms with Crippen molar-refractivity contribution in [2.24, 2.45) is 5.92 Å². The van der Waals surface area contributed by atoms with Crippen LogP contribution in [0, 0.1) is 5.92 Å². The average molecular weight is 228 g/mol. The molecule has 1 aliphatic heterocycles. The minimum absolute atomic E-state index is 0.293. The summed E-state index contributed by atoms with van der Waals surface area (Å²) in [5.74, 6) is 2.19. The van der Waals surface area contributed by atoms with Gasteiger partial charge in [0.05, 0.1) is 5.69 Å². The maximum Gasteiger partial charge on any atom is 0.116 e. The largest absolute Gasteiger partial charge is 0.508 e. The van der Waals surface area contributed by atoms with Crippen LogP contribution in [0.5, 0.6) is 5.75 Å². The Morgan fingerprint density at radius 1 is 1.41 bits per heavy atom. The van der Waals surface area contributed by atoms with Gasteiger partial charge in [0.1, 0.15) is 11.6 Å². The smallest absolute Gasteiger partial charge is 0.116 e. The standard InChI is InChI=1S/C14H16N2O/c1-10-5-6-16-9-13(15-14(16)7-10)11-3-2-4-12(17)8-11/h2-4,8-10,17H,5-7H2,1H3. The fraction of sp³-hybridized carbons (Fsp3) is 0.357. The van der Waals surface area contributed by atoms with E-state index in [4.69, 9.17) is 0 Å². The maximum atomic E-state index is 9.48. The zero-order chi connectivity index (χ0) is 11.8. The van der Waals surface area contributed by atoms with Crippen molar-refractivity contribution in [3.8, 4) is 17.0 Å². The molecule has 0 saturated carbocycles. The van der Waals surface area contributed by atoms with Crippen LogP contribution in [-0.4, -0.2) is 14.7 Å². The number of nitrogens with zero attached hydrogens (tertiary/aromatic N) is 2. The van der Waals surface area contributed by atoms with Crippen LogP contribution in [-0.2, 0) is 13.0 Å². The molecular weight excluding hydrogens is 212 g/mol. The zero-order valence-electron chi connectivity index (χ0n) is 9.93. The minimum atomic E-state index is 0.293. The molecule has 0 amide bonds. The second-order valence-electron chi connectivity index (χ2n) is 4.88. The molecule has 0 fully saturated rings. The maximum absolute atomic E-state index is 9.48. The molecular formula is C14H16N2O. The molecule has 3 heteroatoms. The van der Waals surface area contributed by atoms with Crippen LogP contribution < -0.4 is 0 Å². The Labute approximate surface area is 101 Å². The van der Waals surface area contributed by atoms with E-state index in [0.29, 0.717) is 5.75 Å². The van der Waals surface area contributed by atoms with E-state index in [1.807, 2.05) is 12.1 Å². The van der Waals surface area contributed by atoms with Gasteiger partial charge in [0.15, 0.2) is 0 Å². The Morgan fingerprint density at radius 2 is 2.29 bits per heavy atom. The van der Waals surface area contributed by atoms with Crippen LogP contribution in [0.4, 0.5) is 0 Å². The number of rotatable bonds is 1. The molecule has 0 spiro atoms. The lowest BCUT2D eigenvalue weighted by Crippen LogP contribution is -2.16. The molecule has 1 unspecified atom stereocenters. The minimum Gasteiger partial charge on any atom is -0.508 e. The molecule has 1 N–H and O–H groups in total. The van der Waals surface area contributed by atoms with Crippen molar-refractivity contribution in [2.75, 3.05) is 0 Å². The van der Waals surface area contributed by atoms with Crippen LogP contribution in [0.2, 0.25) is 0 Å². The number of hydrogen-bond donors (Lipinski definition) is 1. The Bertz CT molecular complexity index is 545. The highest BCUT2D eigenvalue weighted by Gasteiger charge is 2.17. The molecule has 3 nitrogen and oxygen atoms in total. The highest BCUT2D eigenvalue weighted by atomic mass is 16.3. The number of benzene rings is 1. The van der Waals surface area contributed by atoms with Crippen LogP contribution >= 0.6 is 0 Å². The third kappa shape index (κ3) is 1.93. The lowest BCUT2D eigenvalue weighted by molar-refractivity contribution is 0.409. The number of imidazole rings is 1. The van der Waals surface area contributed by atoms with Gasteiger partial charge in [-0.25, -0.2) is 4.98 Å². The van der Waals surface area contributed by atoms with Gasteiger partial charge < -0.3 is 9.67 Å². The molecule has 3 rings (SSSR count). The highest BCUT2D eigenvalue weighted by Crippen LogP contribution is 2.26. The van der Waals surface area contributed by atoms with Gasteiger partial charge in [0.25, 0.3) is 0 Å². The molecule has 88 valence electrons. The summed E-state index contributed by atoms with van der Waals surface area (Å²) in [5, 5.41) is 9.48. The van der Waals surface area contributed by atoms with E-state index in [-0.39, 0.29) is 0 Å². The summed E-state index contributed by atoms with van der Waals surface area (Å²) >= 11 is 0. The third-order valence-electron chi connectivity index (χ3n) is 3.39. The first kappa shape index (κ1) is 10.4. The number of aromatic nitrogens is 2. The van der Waals surface area contributed by atoms with Crippen molar-refractivity contribution in [1.82, 2.24) is 9.55 Å². The summed E-state index contributed by atoms with van der Waals surface area (Å²) in [5.41, 5.74) is 1.95. The highest BCUT2D eigenvalue weighted by molar-refractivity contribution is 5.60. The molecule has 2 heterocycles. The summed E-state index contributed by atoms with van der Waals surface area (Å²) in [7, 11) is 0. The molecule has 2 aromatic rings. The second-order valence-corrected chi connectivity index (χ2v) is 4.88. The van der Waals surface area contributed by atoms with E-state index in [1.54, 1.807) is 12.1 Å². The van der Waals surface area contributed by atoms with Crippen molar-refractivity contribution in [2.45, 2.75) is 26.3 Å². The quantitative estimate of drug-likeness (QED) is 0.815. The van der Waals surface area contributed by atoms with Crippen molar-refractivity contribution >= 4 is 0 Å². The topological polar surface area (TPSA) is 38.0 Å². The van der Waals surface area contributed by atoms with Gasteiger partial charge in [0.2, 0.25) is 0 Å². The van der Waals surface area contributed by atoms with Gasteiger partial charge in [-0.3, -0.25) is 0 Å². The Morgan fingerprint density at radius 3 is 3.12 bits per heavy atom. The lowest BCUT2D eigenvalue weighted by atomic mass is 10.0. The molecule has 1 aliphatic rings. The number of hydrogen-bond acceptors (Lipinski definition) is 2. The summed E-state index contributed by atoms with van der Waals surface area (Å²) < 4.78 is 2.24. The average Bonchev–Trinajstić information content (AvgIpc) is 2.72. The third-order valence-corrected chi connectivity index (χ3v) is 3.39. The number of aromatic hydroxyl groups is 1. The Hall–Kier alpha value is -1.77. The van der Waals surface area contributed by atoms with E-state index in [9.17, 15) is 5.11 Å². The van der Waals surface area contributed by atoms with Gasteiger partial charge in [-0.2, -0.15) is 0 Å². The fourth-order valence-corrected chi connectivity index (χ4v) is 2.39. The number of aryl methyl sites for hydroxylation is 1. The first-order valence-electron chi connectivity index (χ1n) is 6.08. The van der Waals surface area contributed by atoms with Crippen LogP contribution in [0.3, 0.4) is 0 Å². The lowest BCUT2D eigenvalue weighted by Gasteiger charge is -2.18. The first-order chi connectivity index (χ1) is 8.22. The van der Waals surface area contributed by atoms with E-state index >= 15 is 0 Å². The normalized spacial score (nSPS) is 19.0. The predicted molar refractivity (Wildman–Crippen MR) is 66.8 cm³/mol. The van der Waals surface area contributed by atoms with Crippen molar-refractivity contribution < 1.29 is 5.11 Å². The predicted octanol–water partition coefficient (Wildman–Crippen LogP) is 2.84. The molecule has 1 aromatic heterocycles. The number of fused-ring (bicyclic) bond motifs is 1. The Kier molecular flexibility index (Phi) is 2.39. The van der Waals surface area contributed by atoms with Gasteiger partial charge in [0, 0.05) is 24.7 Å². The molecule has 1 atom stereocenters. The Balaban J connectivity index is 2.00. The zero-order valence-corrected chi connectivity index (χ0v) is 9.93. The number of phenols is 1. The van der Waals surface area contributed by atoms with Gasteiger partial charge in [-0.05, 0) is 24.5 Å². The monoisotopic (exact) mass is 228 g/mol. The van der Waals surface area contributed by atoms with E-state index < -0.39 is 0 Å². The van der Waals surface area contributed by atoms with Crippen LogP contribution in [0.15, 0.2) is 30.5 Å².